The molecule has 1 amide bonds. The molecule has 0 fully saturated rings. The Morgan fingerprint density at radius 2 is 2.06 bits per heavy atom. The van der Waals surface area contributed by atoms with Gasteiger partial charge in [0.2, 0.25) is 0 Å². The Labute approximate surface area is 106 Å². The van der Waals surface area contributed by atoms with Crippen molar-refractivity contribution in [3.63, 3.8) is 0 Å². The van der Waals surface area contributed by atoms with Gasteiger partial charge in [-0.25, -0.2) is 0 Å². The minimum atomic E-state index is -0.220. The van der Waals surface area contributed by atoms with Crippen LogP contribution in [-0.4, -0.2) is 15.7 Å². The van der Waals surface area contributed by atoms with Gasteiger partial charge >= 0.3 is 0 Å². The molecule has 5 heteroatoms. The van der Waals surface area contributed by atoms with Crippen molar-refractivity contribution in [2.75, 3.05) is 11.1 Å². The number of carbonyl (C=O) groups excluding carboxylic acids is 1. The van der Waals surface area contributed by atoms with Gasteiger partial charge in [0.05, 0.1) is 0 Å². The van der Waals surface area contributed by atoms with Gasteiger partial charge in [0.25, 0.3) is 5.91 Å². The smallest absolute Gasteiger partial charge is 0.276 e. The molecule has 0 bridgehead atoms. The van der Waals surface area contributed by atoms with Gasteiger partial charge in [-0.05, 0) is 43.2 Å². The van der Waals surface area contributed by atoms with E-state index in [0.29, 0.717) is 5.69 Å². The summed E-state index contributed by atoms with van der Waals surface area (Å²) in [4.78, 5) is 12.0. The van der Waals surface area contributed by atoms with Crippen LogP contribution in [-0.2, 0) is 7.05 Å². The first-order chi connectivity index (χ1) is 8.47. The molecule has 0 aliphatic rings. The van der Waals surface area contributed by atoms with Gasteiger partial charge in [-0.15, -0.1) is 0 Å². The molecule has 1 heterocycles. The molecular formula is C13H16N4O. The average molecular weight is 244 g/mol. The van der Waals surface area contributed by atoms with Crippen molar-refractivity contribution in [2.45, 2.75) is 13.8 Å². The van der Waals surface area contributed by atoms with E-state index in [0.717, 1.165) is 22.5 Å². The van der Waals surface area contributed by atoms with Crippen molar-refractivity contribution in [3.05, 3.63) is 41.2 Å². The summed E-state index contributed by atoms with van der Waals surface area (Å²) in [5.74, 6) is -0.220. The second-order valence-corrected chi connectivity index (χ2v) is 4.35. The molecule has 0 spiro atoms. The lowest BCUT2D eigenvalue weighted by atomic mass is 10.1. The normalized spacial score (nSPS) is 10.4. The Hall–Kier alpha value is -2.30. The van der Waals surface area contributed by atoms with E-state index >= 15 is 0 Å². The number of nitrogens with one attached hydrogen (secondary N) is 1. The van der Waals surface area contributed by atoms with Crippen LogP contribution in [0.2, 0.25) is 0 Å². The second kappa shape index (κ2) is 4.52. The summed E-state index contributed by atoms with van der Waals surface area (Å²) in [5.41, 5.74) is 9.56. The first-order valence-corrected chi connectivity index (χ1v) is 5.65. The first-order valence-electron chi connectivity index (χ1n) is 5.65. The third-order valence-corrected chi connectivity index (χ3v) is 2.81. The zero-order valence-electron chi connectivity index (χ0n) is 10.7. The molecule has 0 unspecified atom stereocenters. The summed E-state index contributed by atoms with van der Waals surface area (Å²) in [6, 6.07) is 5.39. The molecule has 0 saturated carbocycles. The average Bonchev–Trinajstić information content (AvgIpc) is 2.73. The molecule has 5 nitrogen and oxygen atoms in total. The third kappa shape index (κ3) is 2.34. The second-order valence-electron chi connectivity index (χ2n) is 4.35. The van der Waals surface area contributed by atoms with Crippen LogP contribution in [0.1, 0.15) is 21.6 Å². The minimum absolute atomic E-state index is 0.220. The Morgan fingerprint density at radius 1 is 1.33 bits per heavy atom. The molecule has 0 aliphatic carbocycles. The molecule has 1 aromatic carbocycles. The van der Waals surface area contributed by atoms with E-state index in [1.54, 1.807) is 24.0 Å². The van der Waals surface area contributed by atoms with Gasteiger partial charge in [-0.2, -0.15) is 5.10 Å². The van der Waals surface area contributed by atoms with E-state index in [4.69, 9.17) is 5.73 Å². The Morgan fingerprint density at radius 3 is 2.67 bits per heavy atom. The molecule has 94 valence electrons. The number of nitrogens with two attached hydrogens (primary N) is 1. The number of rotatable bonds is 2. The van der Waals surface area contributed by atoms with Crippen LogP contribution in [0.4, 0.5) is 11.4 Å². The summed E-state index contributed by atoms with van der Waals surface area (Å²) in [7, 11) is 1.77. The first kappa shape index (κ1) is 12.2. The monoisotopic (exact) mass is 244 g/mol. The van der Waals surface area contributed by atoms with Gasteiger partial charge in [-0.3, -0.25) is 9.48 Å². The maximum Gasteiger partial charge on any atom is 0.276 e. The van der Waals surface area contributed by atoms with Crippen LogP contribution in [0.25, 0.3) is 0 Å². The topological polar surface area (TPSA) is 72.9 Å². The molecule has 0 atom stereocenters. The fourth-order valence-electron chi connectivity index (χ4n) is 1.70. The maximum absolute atomic E-state index is 12.0. The number of nitrogen functional groups attached to an aromatic ring is 1. The molecule has 2 aromatic rings. The van der Waals surface area contributed by atoms with Gasteiger partial charge < -0.3 is 11.1 Å². The Bertz CT molecular complexity index is 601. The van der Waals surface area contributed by atoms with Crippen molar-refractivity contribution >= 4 is 17.3 Å². The molecule has 0 aliphatic heterocycles. The van der Waals surface area contributed by atoms with E-state index in [1.807, 2.05) is 26.0 Å². The van der Waals surface area contributed by atoms with E-state index in [-0.39, 0.29) is 5.91 Å². The highest BCUT2D eigenvalue weighted by molar-refractivity contribution is 6.03. The largest absolute Gasteiger partial charge is 0.399 e. The van der Waals surface area contributed by atoms with Gasteiger partial charge in [0.15, 0.2) is 5.69 Å². The number of benzene rings is 1. The zero-order valence-corrected chi connectivity index (χ0v) is 10.7. The van der Waals surface area contributed by atoms with Gasteiger partial charge in [0.1, 0.15) is 0 Å². The van der Waals surface area contributed by atoms with Gasteiger partial charge in [-0.1, -0.05) is 0 Å². The predicted octanol–water partition coefficient (Wildman–Crippen LogP) is 1.87. The molecule has 18 heavy (non-hydrogen) atoms. The van der Waals surface area contributed by atoms with E-state index < -0.39 is 0 Å². The van der Waals surface area contributed by atoms with Crippen molar-refractivity contribution in [1.82, 2.24) is 9.78 Å². The Kier molecular flexibility index (Phi) is 3.06. The lowest BCUT2D eigenvalue weighted by molar-refractivity contribution is 0.102. The summed E-state index contributed by atoms with van der Waals surface area (Å²) in [6.07, 6.45) is 1.73. The number of aryl methyl sites for hydroxylation is 3. The van der Waals surface area contributed by atoms with Crippen LogP contribution in [0.15, 0.2) is 24.4 Å². The Balaban J connectivity index is 2.24. The fraction of sp³-hybridized carbons (Fsp3) is 0.231. The van der Waals surface area contributed by atoms with E-state index in [9.17, 15) is 4.79 Å². The van der Waals surface area contributed by atoms with Crippen LogP contribution in [0, 0.1) is 13.8 Å². The van der Waals surface area contributed by atoms with Crippen LogP contribution in [0.3, 0.4) is 0 Å². The van der Waals surface area contributed by atoms with Crippen molar-refractivity contribution in [3.8, 4) is 0 Å². The SMILES string of the molecule is Cc1cc(NC(=O)c2ccn(C)n2)c(C)cc1N. The van der Waals surface area contributed by atoms with Gasteiger partial charge in [0, 0.05) is 24.6 Å². The number of carbonyl (C=O) groups is 1. The summed E-state index contributed by atoms with van der Waals surface area (Å²) < 4.78 is 1.59. The number of hydrogen-bond acceptors (Lipinski definition) is 3. The van der Waals surface area contributed by atoms with Crippen LogP contribution in [0.5, 0.6) is 0 Å². The number of nitrogens with zero attached hydrogens (tertiary/aromatic N) is 2. The van der Waals surface area contributed by atoms with Crippen LogP contribution >= 0.6 is 0 Å². The van der Waals surface area contributed by atoms with Crippen molar-refractivity contribution < 1.29 is 4.79 Å². The van der Waals surface area contributed by atoms with Crippen molar-refractivity contribution in [1.29, 1.82) is 0 Å². The highest BCUT2D eigenvalue weighted by Crippen LogP contribution is 2.22. The number of aromatic nitrogens is 2. The molecular weight excluding hydrogens is 228 g/mol. The lowest BCUT2D eigenvalue weighted by Crippen LogP contribution is -2.14. The molecule has 1 aromatic heterocycles. The third-order valence-electron chi connectivity index (χ3n) is 2.81. The number of anilines is 2. The standard InChI is InChI=1S/C13H16N4O/c1-8-7-12(9(2)6-10(8)14)15-13(18)11-4-5-17(3)16-11/h4-7H,14H2,1-3H3,(H,15,18). The quantitative estimate of drug-likeness (QED) is 0.792. The van der Waals surface area contributed by atoms with E-state index in [1.165, 1.54) is 0 Å². The summed E-state index contributed by atoms with van der Waals surface area (Å²) >= 11 is 0. The number of hydrogen-bond donors (Lipinski definition) is 2. The predicted molar refractivity (Wildman–Crippen MR) is 71.5 cm³/mol. The lowest BCUT2D eigenvalue weighted by Gasteiger charge is -2.10. The molecule has 0 radical (unpaired) electrons. The highest BCUT2D eigenvalue weighted by atomic mass is 16.1. The highest BCUT2D eigenvalue weighted by Gasteiger charge is 2.11. The molecule has 3 N–H and O–H groups in total. The molecule has 0 saturated heterocycles. The van der Waals surface area contributed by atoms with Crippen LogP contribution < -0.4 is 11.1 Å². The summed E-state index contributed by atoms with van der Waals surface area (Å²) in [6.45, 7) is 3.81. The summed E-state index contributed by atoms with van der Waals surface area (Å²) in [5, 5.41) is 6.89. The minimum Gasteiger partial charge on any atom is -0.399 e. The molecule has 2 rings (SSSR count). The number of amides is 1. The fourth-order valence-corrected chi connectivity index (χ4v) is 1.70. The maximum atomic E-state index is 12.0. The van der Waals surface area contributed by atoms with E-state index in [2.05, 4.69) is 10.4 Å². The van der Waals surface area contributed by atoms with Crippen molar-refractivity contribution in [2.24, 2.45) is 7.05 Å². The zero-order chi connectivity index (χ0) is 13.3.